The summed E-state index contributed by atoms with van der Waals surface area (Å²) >= 11 is 6.41. The Balaban J connectivity index is 1.97. The number of aromatic nitrogens is 2. The van der Waals surface area contributed by atoms with Gasteiger partial charge in [-0.2, -0.15) is 5.10 Å². The SMILES string of the molecule is COc1ccccc1-c1cc(-c2ccccc2OC)n(-c2ccc(C)c(Cl)c2)n1. The molecule has 5 heteroatoms. The molecule has 1 aromatic heterocycles. The van der Waals surface area contributed by atoms with E-state index in [1.165, 1.54) is 0 Å². The monoisotopic (exact) mass is 404 g/mol. The van der Waals surface area contributed by atoms with Gasteiger partial charge >= 0.3 is 0 Å². The maximum Gasteiger partial charge on any atom is 0.128 e. The molecule has 4 nitrogen and oxygen atoms in total. The average Bonchev–Trinajstić information content (AvgIpc) is 3.20. The van der Waals surface area contributed by atoms with Crippen molar-refractivity contribution in [1.82, 2.24) is 9.78 Å². The van der Waals surface area contributed by atoms with Crippen molar-refractivity contribution in [2.75, 3.05) is 14.2 Å². The highest BCUT2D eigenvalue weighted by Crippen LogP contribution is 2.37. The summed E-state index contributed by atoms with van der Waals surface area (Å²) < 4.78 is 13.0. The van der Waals surface area contributed by atoms with E-state index in [-0.39, 0.29) is 0 Å². The summed E-state index contributed by atoms with van der Waals surface area (Å²) in [6.07, 6.45) is 0. The number of benzene rings is 3. The first kappa shape index (κ1) is 19.1. The van der Waals surface area contributed by atoms with Gasteiger partial charge in [0.1, 0.15) is 11.5 Å². The van der Waals surface area contributed by atoms with Crippen molar-refractivity contribution in [1.29, 1.82) is 0 Å². The maximum absolute atomic E-state index is 6.41. The highest BCUT2D eigenvalue weighted by atomic mass is 35.5. The van der Waals surface area contributed by atoms with E-state index < -0.39 is 0 Å². The van der Waals surface area contributed by atoms with Crippen LogP contribution >= 0.6 is 11.6 Å². The number of aryl methyl sites for hydroxylation is 1. The van der Waals surface area contributed by atoms with Gasteiger partial charge in [0.2, 0.25) is 0 Å². The van der Waals surface area contributed by atoms with Gasteiger partial charge in [-0.15, -0.1) is 0 Å². The minimum atomic E-state index is 0.697. The van der Waals surface area contributed by atoms with Crippen LogP contribution in [0.3, 0.4) is 0 Å². The van der Waals surface area contributed by atoms with Crippen molar-refractivity contribution in [2.45, 2.75) is 6.92 Å². The fourth-order valence-electron chi connectivity index (χ4n) is 3.33. The number of ether oxygens (including phenoxy) is 2. The van der Waals surface area contributed by atoms with Gasteiger partial charge in [-0.3, -0.25) is 0 Å². The Kier molecular flexibility index (Phi) is 5.28. The lowest BCUT2D eigenvalue weighted by atomic mass is 10.1. The molecule has 0 spiro atoms. The summed E-state index contributed by atoms with van der Waals surface area (Å²) in [4.78, 5) is 0. The number of halogens is 1. The predicted octanol–water partition coefficient (Wildman–Crippen LogP) is 6.19. The van der Waals surface area contributed by atoms with E-state index in [4.69, 9.17) is 26.2 Å². The van der Waals surface area contributed by atoms with E-state index in [1.807, 2.05) is 84.4 Å². The zero-order valence-electron chi connectivity index (χ0n) is 16.5. The first-order chi connectivity index (χ1) is 14.1. The van der Waals surface area contributed by atoms with E-state index in [2.05, 4.69) is 0 Å². The van der Waals surface area contributed by atoms with Crippen molar-refractivity contribution in [3.63, 3.8) is 0 Å². The Bertz CT molecular complexity index is 1170. The maximum atomic E-state index is 6.41. The highest BCUT2D eigenvalue weighted by molar-refractivity contribution is 6.31. The molecule has 0 fully saturated rings. The molecule has 1 heterocycles. The Labute approximate surface area is 175 Å². The van der Waals surface area contributed by atoms with Crippen LogP contribution in [0, 0.1) is 6.92 Å². The first-order valence-electron chi connectivity index (χ1n) is 9.25. The molecule has 0 aliphatic rings. The summed E-state index contributed by atoms with van der Waals surface area (Å²) in [5.74, 6) is 1.55. The van der Waals surface area contributed by atoms with E-state index >= 15 is 0 Å². The molecule has 4 aromatic rings. The second-order valence-corrected chi connectivity index (χ2v) is 7.07. The molecule has 4 rings (SSSR count). The fraction of sp³-hybridized carbons (Fsp3) is 0.125. The van der Waals surface area contributed by atoms with E-state index in [9.17, 15) is 0 Å². The van der Waals surface area contributed by atoms with Crippen LogP contribution in [-0.2, 0) is 0 Å². The first-order valence-corrected chi connectivity index (χ1v) is 9.63. The molecule has 29 heavy (non-hydrogen) atoms. The van der Waals surface area contributed by atoms with Crippen LogP contribution in [0.5, 0.6) is 11.5 Å². The number of rotatable bonds is 5. The minimum Gasteiger partial charge on any atom is -0.496 e. The third-order valence-corrected chi connectivity index (χ3v) is 5.28. The summed E-state index contributed by atoms with van der Waals surface area (Å²) in [5, 5.41) is 5.60. The molecule has 0 bridgehead atoms. The Morgan fingerprint density at radius 3 is 2.07 bits per heavy atom. The van der Waals surface area contributed by atoms with Crippen LogP contribution in [0.15, 0.2) is 72.8 Å². The topological polar surface area (TPSA) is 36.3 Å². The Morgan fingerprint density at radius 1 is 0.793 bits per heavy atom. The van der Waals surface area contributed by atoms with E-state index in [1.54, 1.807) is 14.2 Å². The van der Waals surface area contributed by atoms with Crippen LogP contribution in [0.25, 0.3) is 28.2 Å². The van der Waals surface area contributed by atoms with Crippen LogP contribution in [0.2, 0.25) is 5.02 Å². The summed E-state index contributed by atoms with van der Waals surface area (Å²) in [6, 6.07) is 23.7. The largest absolute Gasteiger partial charge is 0.496 e. The molecule has 0 radical (unpaired) electrons. The van der Waals surface area contributed by atoms with E-state index in [0.29, 0.717) is 5.02 Å². The van der Waals surface area contributed by atoms with Gasteiger partial charge < -0.3 is 9.47 Å². The van der Waals surface area contributed by atoms with Crippen molar-refractivity contribution in [3.8, 4) is 39.7 Å². The molecule has 0 saturated heterocycles. The number of para-hydroxylation sites is 2. The van der Waals surface area contributed by atoms with Crippen LogP contribution in [-0.4, -0.2) is 24.0 Å². The zero-order valence-corrected chi connectivity index (χ0v) is 17.3. The predicted molar refractivity (Wildman–Crippen MR) is 117 cm³/mol. The molecular weight excluding hydrogens is 384 g/mol. The lowest BCUT2D eigenvalue weighted by Crippen LogP contribution is -2.01. The van der Waals surface area contributed by atoms with Crippen molar-refractivity contribution >= 4 is 11.6 Å². The minimum absolute atomic E-state index is 0.697. The van der Waals surface area contributed by atoms with Gasteiger partial charge in [-0.1, -0.05) is 41.9 Å². The fourth-order valence-corrected chi connectivity index (χ4v) is 3.50. The third kappa shape index (κ3) is 3.59. The van der Waals surface area contributed by atoms with Gasteiger partial charge in [-0.25, -0.2) is 4.68 Å². The molecule has 3 aromatic carbocycles. The smallest absolute Gasteiger partial charge is 0.128 e. The second-order valence-electron chi connectivity index (χ2n) is 6.66. The van der Waals surface area contributed by atoms with Crippen molar-refractivity contribution in [3.05, 3.63) is 83.4 Å². The standard InChI is InChI=1S/C24H21ClN2O2/c1-16-12-13-17(14-20(16)25)27-22(19-9-5-7-11-24(19)29-3)15-21(26-27)18-8-4-6-10-23(18)28-2/h4-15H,1-3H3. The van der Waals surface area contributed by atoms with Crippen LogP contribution in [0.1, 0.15) is 5.56 Å². The second kappa shape index (κ2) is 8.02. The van der Waals surface area contributed by atoms with Gasteiger partial charge in [0.15, 0.2) is 0 Å². The van der Waals surface area contributed by atoms with Crippen LogP contribution < -0.4 is 9.47 Å². The molecule has 0 aliphatic heterocycles. The quantitative estimate of drug-likeness (QED) is 0.398. The van der Waals surface area contributed by atoms with E-state index in [0.717, 1.165) is 45.3 Å². The Morgan fingerprint density at radius 2 is 1.41 bits per heavy atom. The average molecular weight is 405 g/mol. The van der Waals surface area contributed by atoms with Crippen molar-refractivity contribution < 1.29 is 9.47 Å². The third-order valence-electron chi connectivity index (χ3n) is 4.88. The zero-order chi connectivity index (χ0) is 20.4. The number of methoxy groups -OCH3 is 2. The summed E-state index contributed by atoms with van der Waals surface area (Å²) in [5.41, 5.74) is 5.47. The molecule has 0 saturated carbocycles. The number of nitrogens with zero attached hydrogens (tertiary/aromatic N) is 2. The molecule has 0 atom stereocenters. The molecule has 0 amide bonds. The van der Waals surface area contributed by atoms with Gasteiger partial charge in [0.05, 0.1) is 31.3 Å². The Hall–Kier alpha value is -3.24. The number of hydrogen-bond donors (Lipinski definition) is 0. The summed E-state index contributed by atoms with van der Waals surface area (Å²) in [6.45, 7) is 1.98. The van der Waals surface area contributed by atoms with Gasteiger partial charge in [0, 0.05) is 16.1 Å². The normalized spacial score (nSPS) is 10.8. The van der Waals surface area contributed by atoms with Crippen molar-refractivity contribution in [2.24, 2.45) is 0 Å². The number of hydrogen-bond acceptors (Lipinski definition) is 3. The lowest BCUT2D eigenvalue weighted by molar-refractivity contribution is 0.416. The molecule has 0 N–H and O–H groups in total. The van der Waals surface area contributed by atoms with Gasteiger partial charge in [-0.05, 0) is 55.0 Å². The summed E-state index contributed by atoms with van der Waals surface area (Å²) in [7, 11) is 3.33. The molecule has 0 aliphatic carbocycles. The van der Waals surface area contributed by atoms with Crippen LogP contribution in [0.4, 0.5) is 0 Å². The molecule has 146 valence electrons. The molecular formula is C24H21ClN2O2. The van der Waals surface area contributed by atoms with Gasteiger partial charge in [0.25, 0.3) is 0 Å². The molecule has 0 unspecified atom stereocenters. The lowest BCUT2D eigenvalue weighted by Gasteiger charge is -2.12. The highest BCUT2D eigenvalue weighted by Gasteiger charge is 2.18.